The summed E-state index contributed by atoms with van der Waals surface area (Å²) in [7, 11) is 0. The number of alkyl halides is 1. The van der Waals surface area contributed by atoms with Crippen molar-refractivity contribution in [3.05, 3.63) is 29.8 Å². The molecule has 0 heterocycles. The van der Waals surface area contributed by atoms with Crippen LogP contribution in [0.4, 0.5) is 4.79 Å². The number of hydrogen-bond acceptors (Lipinski definition) is 3. The van der Waals surface area contributed by atoms with Crippen molar-refractivity contribution in [1.29, 1.82) is 0 Å². The Morgan fingerprint density at radius 3 is 2.62 bits per heavy atom. The molecule has 0 aliphatic heterocycles. The van der Waals surface area contributed by atoms with Crippen molar-refractivity contribution in [2.24, 2.45) is 5.73 Å². The number of halogens is 1. The van der Waals surface area contributed by atoms with E-state index in [4.69, 9.17) is 26.8 Å². The average Bonchev–Trinajstić information content (AvgIpc) is 2.20. The van der Waals surface area contributed by atoms with Gasteiger partial charge in [0.25, 0.3) is 0 Å². The van der Waals surface area contributed by atoms with Gasteiger partial charge in [0.2, 0.25) is 5.56 Å². The molecule has 0 fully saturated rings. The standard InChI is InChI=1S/C11H14ClNO3/c1-7-5-3-4-6-9(7)16-10(12)8(2)15-11(13)14/h3-6,8,10H,1-2H3,(H2,13,14)/t8-,10-/m0/s1. The van der Waals surface area contributed by atoms with Gasteiger partial charge >= 0.3 is 6.09 Å². The highest BCUT2D eigenvalue weighted by atomic mass is 35.5. The Morgan fingerprint density at radius 2 is 2.06 bits per heavy atom. The zero-order valence-corrected chi connectivity index (χ0v) is 9.90. The lowest BCUT2D eigenvalue weighted by atomic mass is 10.2. The Morgan fingerprint density at radius 1 is 1.44 bits per heavy atom. The van der Waals surface area contributed by atoms with E-state index in [1.165, 1.54) is 0 Å². The van der Waals surface area contributed by atoms with Crippen LogP contribution in [-0.4, -0.2) is 17.8 Å². The number of amides is 1. The van der Waals surface area contributed by atoms with Crippen LogP contribution < -0.4 is 10.5 Å². The summed E-state index contributed by atoms with van der Waals surface area (Å²) >= 11 is 5.93. The lowest BCUT2D eigenvalue weighted by molar-refractivity contribution is 0.0657. The van der Waals surface area contributed by atoms with E-state index in [0.29, 0.717) is 5.75 Å². The fourth-order valence-electron chi connectivity index (χ4n) is 1.14. The van der Waals surface area contributed by atoms with Gasteiger partial charge in [-0.2, -0.15) is 0 Å². The van der Waals surface area contributed by atoms with Crippen molar-refractivity contribution in [3.63, 3.8) is 0 Å². The third-order valence-electron chi connectivity index (χ3n) is 2.00. The number of primary amides is 1. The number of hydrogen-bond donors (Lipinski definition) is 1. The van der Waals surface area contributed by atoms with Crippen LogP contribution >= 0.6 is 11.6 Å². The Labute approximate surface area is 99.3 Å². The Bertz CT molecular complexity index is 370. The molecule has 4 nitrogen and oxygen atoms in total. The molecule has 2 atom stereocenters. The van der Waals surface area contributed by atoms with Gasteiger partial charge in [-0.25, -0.2) is 4.79 Å². The molecule has 88 valence electrons. The molecule has 0 saturated heterocycles. The second-order valence-corrected chi connectivity index (χ2v) is 3.81. The summed E-state index contributed by atoms with van der Waals surface area (Å²) in [5, 5.41) is 0. The first-order valence-electron chi connectivity index (χ1n) is 4.83. The molecule has 0 saturated carbocycles. The van der Waals surface area contributed by atoms with Gasteiger partial charge in [-0.1, -0.05) is 29.8 Å². The second-order valence-electron chi connectivity index (χ2n) is 3.38. The monoisotopic (exact) mass is 243 g/mol. The summed E-state index contributed by atoms with van der Waals surface area (Å²) in [5.74, 6) is 0.655. The van der Waals surface area contributed by atoms with Crippen molar-refractivity contribution >= 4 is 17.7 Å². The zero-order chi connectivity index (χ0) is 12.1. The van der Waals surface area contributed by atoms with Crippen molar-refractivity contribution in [1.82, 2.24) is 0 Å². The van der Waals surface area contributed by atoms with E-state index in [2.05, 4.69) is 0 Å². The smallest absolute Gasteiger partial charge is 0.404 e. The summed E-state index contributed by atoms with van der Waals surface area (Å²) in [5.41, 5.74) is 5.07. The van der Waals surface area contributed by atoms with Gasteiger partial charge < -0.3 is 15.2 Å². The summed E-state index contributed by atoms with van der Waals surface area (Å²) < 4.78 is 10.1. The van der Waals surface area contributed by atoms with E-state index in [9.17, 15) is 4.79 Å². The fraction of sp³-hybridized carbons (Fsp3) is 0.364. The second kappa shape index (κ2) is 5.61. The maximum absolute atomic E-state index is 10.5. The van der Waals surface area contributed by atoms with Crippen LogP contribution in [-0.2, 0) is 4.74 Å². The highest BCUT2D eigenvalue weighted by Gasteiger charge is 2.19. The van der Waals surface area contributed by atoms with Crippen LogP contribution in [0.2, 0.25) is 0 Å². The van der Waals surface area contributed by atoms with Crippen molar-refractivity contribution in [3.8, 4) is 5.75 Å². The number of para-hydroxylation sites is 1. The lowest BCUT2D eigenvalue weighted by Gasteiger charge is -2.19. The molecule has 0 aliphatic carbocycles. The number of aryl methyl sites for hydroxylation is 1. The first-order chi connectivity index (χ1) is 7.50. The van der Waals surface area contributed by atoms with Crippen molar-refractivity contribution < 1.29 is 14.3 Å². The van der Waals surface area contributed by atoms with Gasteiger partial charge in [0.05, 0.1) is 0 Å². The van der Waals surface area contributed by atoms with E-state index in [1.807, 2.05) is 25.1 Å². The SMILES string of the molecule is Cc1ccccc1O[C@H](Cl)[C@H](C)OC(N)=O. The maximum Gasteiger partial charge on any atom is 0.404 e. The molecule has 0 unspecified atom stereocenters. The molecular weight excluding hydrogens is 230 g/mol. The van der Waals surface area contributed by atoms with Crippen molar-refractivity contribution in [2.45, 2.75) is 25.5 Å². The number of rotatable bonds is 4. The van der Waals surface area contributed by atoms with Crippen molar-refractivity contribution in [2.75, 3.05) is 0 Å². The van der Waals surface area contributed by atoms with Gasteiger partial charge in [-0.3, -0.25) is 0 Å². The number of nitrogens with two attached hydrogens (primary N) is 1. The predicted octanol–water partition coefficient (Wildman–Crippen LogP) is 2.42. The zero-order valence-electron chi connectivity index (χ0n) is 9.14. The normalized spacial score (nSPS) is 13.9. The van der Waals surface area contributed by atoms with Gasteiger partial charge in [0.1, 0.15) is 5.75 Å². The molecule has 1 rings (SSSR count). The molecule has 0 bridgehead atoms. The van der Waals surface area contributed by atoms with Gasteiger partial charge in [0, 0.05) is 0 Å². The van der Waals surface area contributed by atoms with Crippen LogP contribution in [0.15, 0.2) is 24.3 Å². The third kappa shape index (κ3) is 3.62. The molecule has 5 heteroatoms. The minimum absolute atomic E-state index is 0.612. The third-order valence-corrected chi connectivity index (χ3v) is 2.45. The molecule has 16 heavy (non-hydrogen) atoms. The van der Waals surface area contributed by atoms with Crippen LogP contribution in [0.5, 0.6) is 5.75 Å². The minimum Gasteiger partial charge on any atom is -0.470 e. The molecular formula is C11H14ClNO3. The van der Waals surface area contributed by atoms with Gasteiger partial charge in [0.15, 0.2) is 6.10 Å². The molecule has 0 radical (unpaired) electrons. The Balaban J connectivity index is 2.60. The largest absolute Gasteiger partial charge is 0.470 e. The van der Waals surface area contributed by atoms with E-state index in [0.717, 1.165) is 5.56 Å². The van der Waals surface area contributed by atoms with Crippen LogP contribution in [0, 0.1) is 6.92 Å². The van der Waals surface area contributed by atoms with Gasteiger partial charge in [-0.15, -0.1) is 0 Å². The first-order valence-corrected chi connectivity index (χ1v) is 5.27. The highest BCUT2D eigenvalue weighted by molar-refractivity contribution is 6.20. The van der Waals surface area contributed by atoms with Gasteiger partial charge in [-0.05, 0) is 25.5 Å². The minimum atomic E-state index is -0.869. The number of benzene rings is 1. The number of ether oxygens (including phenoxy) is 2. The topological polar surface area (TPSA) is 61.6 Å². The van der Waals surface area contributed by atoms with E-state index < -0.39 is 17.8 Å². The molecule has 1 aromatic carbocycles. The molecule has 0 aliphatic rings. The summed E-state index contributed by atoms with van der Waals surface area (Å²) in [6.45, 7) is 3.51. The average molecular weight is 244 g/mol. The van der Waals surface area contributed by atoms with Crippen LogP contribution in [0.3, 0.4) is 0 Å². The molecule has 1 aromatic rings. The Hall–Kier alpha value is -1.42. The van der Waals surface area contributed by atoms with Crippen LogP contribution in [0.25, 0.3) is 0 Å². The molecule has 2 N–H and O–H groups in total. The molecule has 0 aromatic heterocycles. The van der Waals surface area contributed by atoms with E-state index in [1.54, 1.807) is 13.0 Å². The summed E-state index contributed by atoms with van der Waals surface area (Å²) in [4.78, 5) is 10.5. The summed E-state index contributed by atoms with van der Waals surface area (Å²) in [6, 6.07) is 7.43. The lowest BCUT2D eigenvalue weighted by Crippen LogP contribution is -2.31. The number of carbonyl (C=O) groups is 1. The Kier molecular flexibility index (Phi) is 4.43. The highest BCUT2D eigenvalue weighted by Crippen LogP contribution is 2.20. The quantitative estimate of drug-likeness (QED) is 0.826. The summed E-state index contributed by atoms with van der Waals surface area (Å²) in [6.07, 6.45) is -1.48. The number of carbonyl (C=O) groups excluding carboxylic acids is 1. The fourth-order valence-corrected chi connectivity index (χ4v) is 1.29. The maximum atomic E-state index is 10.5. The van der Waals surface area contributed by atoms with E-state index >= 15 is 0 Å². The van der Waals surface area contributed by atoms with E-state index in [-0.39, 0.29) is 0 Å². The molecule has 0 spiro atoms. The molecule has 1 amide bonds. The van der Waals surface area contributed by atoms with Crippen LogP contribution in [0.1, 0.15) is 12.5 Å². The predicted molar refractivity (Wildman–Crippen MR) is 61.6 cm³/mol. The first kappa shape index (κ1) is 12.6.